The molecule has 0 amide bonds. The molecule has 0 aromatic heterocycles. The molecule has 0 N–H and O–H groups in total. The summed E-state index contributed by atoms with van der Waals surface area (Å²) < 4.78 is 168. The lowest BCUT2D eigenvalue weighted by atomic mass is 9.97. The molecule has 0 aliphatic carbocycles. The molecule has 0 aromatic rings. The van der Waals surface area contributed by atoms with Gasteiger partial charge in [-0.3, -0.25) is 0 Å². The predicted molar refractivity (Wildman–Crippen MR) is 56.2 cm³/mol. The molecule has 25 heavy (non-hydrogen) atoms. The lowest BCUT2D eigenvalue weighted by Gasteiger charge is -2.39. The number of alkyl halides is 13. The van der Waals surface area contributed by atoms with Gasteiger partial charge in [-0.15, -0.1) is 6.58 Å². The van der Waals surface area contributed by atoms with E-state index in [4.69, 9.17) is 0 Å². The summed E-state index contributed by atoms with van der Waals surface area (Å²) in [4.78, 5) is 0. The van der Waals surface area contributed by atoms with E-state index in [9.17, 15) is 57.1 Å². The van der Waals surface area contributed by atoms with Crippen LogP contribution in [0.25, 0.3) is 0 Å². The van der Waals surface area contributed by atoms with Gasteiger partial charge in [0.2, 0.25) is 0 Å². The third-order valence-electron chi connectivity index (χ3n) is 2.87. The lowest BCUT2D eigenvalue weighted by Crippen LogP contribution is -2.70. The monoisotopic (exact) mass is 404 g/mol. The van der Waals surface area contributed by atoms with Crippen LogP contribution in [-0.2, 0) is 4.74 Å². The molecule has 0 aromatic carbocycles. The summed E-state index contributed by atoms with van der Waals surface area (Å²) in [5.74, 6) is -31.0. The first-order valence-electron chi connectivity index (χ1n) is 6.00. The van der Waals surface area contributed by atoms with E-state index in [0.29, 0.717) is 6.08 Å². The van der Waals surface area contributed by atoms with E-state index in [2.05, 4.69) is 11.3 Å². The Bertz CT molecular complexity index is 479. The molecule has 0 aliphatic heterocycles. The SMILES string of the molecule is C=CC(CC)OC(F)(F)C(F)(F)C(F)(F)C(F)(F)C(F)(F)C(F)(F)F. The molecule has 1 unspecified atom stereocenters. The Hall–Kier alpha value is -1.21. The Balaban J connectivity index is 6.15. The maximum Gasteiger partial charge on any atom is 0.460 e. The first-order chi connectivity index (χ1) is 10.7. The number of halogens is 13. The van der Waals surface area contributed by atoms with Gasteiger partial charge in [0.05, 0.1) is 6.10 Å². The zero-order chi connectivity index (χ0) is 20.7. The fraction of sp³-hybridized carbons (Fsp3) is 0.818. The largest absolute Gasteiger partial charge is 0.460 e. The van der Waals surface area contributed by atoms with Gasteiger partial charge in [-0.1, -0.05) is 13.0 Å². The number of rotatable bonds is 8. The topological polar surface area (TPSA) is 9.23 Å². The van der Waals surface area contributed by atoms with Crippen molar-refractivity contribution < 1.29 is 61.8 Å². The third-order valence-corrected chi connectivity index (χ3v) is 2.87. The molecule has 0 aliphatic rings. The highest BCUT2D eigenvalue weighted by atomic mass is 19.4. The van der Waals surface area contributed by atoms with E-state index in [1.54, 1.807) is 0 Å². The second-order valence-electron chi connectivity index (χ2n) is 4.61. The van der Waals surface area contributed by atoms with Gasteiger partial charge < -0.3 is 4.74 Å². The smallest absolute Gasteiger partial charge is 0.308 e. The van der Waals surface area contributed by atoms with E-state index < -0.39 is 48.5 Å². The Morgan fingerprint density at radius 2 is 1.08 bits per heavy atom. The van der Waals surface area contributed by atoms with Crippen molar-refractivity contribution >= 4 is 0 Å². The minimum atomic E-state index is -7.93. The Morgan fingerprint density at radius 1 is 0.720 bits per heavy atom. The third kappa shape index (κ3) is 3.53. The second-order valence-corrected chi connectivity index (χ2v) is 4.61. The van der Waals surface area contributed by atoms with Crippen molar-refractivity contribution in [2.75, 3.05) is 0 Å². The second kappa shape index (κ2) is 6.50. The van der Waals surface area contributed by atoms with E-state index in [-0.39, 0.29) is 0 Å². The molecule has 0 fully saturated rings. The standard InChI is InChI=1S/C11H9F13O/c1-3-5(4-2)25-11(23,24)9(18,19)7(14,15)6(12,13)8(16,17)10(20,21)22/h3,5H,1,4H2,2H3. The van der Waals surface area contributed by atoms with E-state index in [1.807, 2.05) is 0 Å². The number of hydrogen-bond acceptors (Lipinski definition) is 1. The average molecular weight is 404 g/mol. The van der Waals surface area contributed by atoms with Gasteiger partial charge in [-0.2, -0.15) is 57.1 Å². The van der Waals surface area contributed by atoms with Gasteiger partial charge in [-0.05, 0) is 6.42 Å². The van der Waals surface area contributed by atoms with Crippen LogP contribution >= 0.6 is 0 Å². The summed E-state index contributed by atoms with van der Waals surface area (Å²) in [6.45, 7) is 3.75. The van der Waals surface area contributed by atoms with Crippen molar-refractivity contribution in [2.45, 2.75) is 55.4 Å². The van der Waals surface area contributed by atoms with Gasteiger partial charge in [-0.25, -0.2) is 0 Å². The molecule has 0 heterocycles. The van der Waals surface area contributed by atoms with Gasteiger partial charge in [0.1, 0.15) is 0 Å². The Kier molecular flexibility index (Phi) is 6.19. The van der Waals surface area contributed by atoms with Crippen LogP contribution in [0.1, 0.15) is 13.3 Å². The molecule has 14 heteroatoms. The van der Waals surface area contributed by atoms with Crippen LogP contribution < -0.4 is 0 Å². The average Bonchev–Trinajstić information content (AvgIpc) is 2.42. The van der Waals surface area contributed by atoms with E-state index >= 15 is 0 Å². The van der Waals surface area contributed by atoms with Crippen molar-refractivity contribution in [3.8, 4) is 0 Å². The molecule has 0 bridgehead atoms. The Morgan fingerprint density at radius 3 is 1.36 bits per heavy atom. The van der Waals surface area contributed by atoms with Crippen LogP contribution in [0, 0.1) is 0 Å². The fourth-order valence-electron chi connectivity index (χ4n) is 1.32. The summed E-state index contributed by atoms with van der Waals surface area (Å²) >= 11 is 0. The molecule has 0 rings (SSSR count). The van der Waals surface area contributed by atoms with Crippen LogP contribution in [0.3, 0.4) is 0 Å². The minimum Gasteiger partial charge on any atom is -0.308 e. The van der Waals surface area contributed by atoms with Gasteiger partial charge in [0, 0.05) is 0 Å². The van der Waals surface area contributed by atoms with Gasteiger partial charge in [0.15, 0.2) is 0 Å². The van der Waals surface area contributed by atoms with E-state index in [0.717, 1.165) is 6.92 Å². The van der Waals surface area contributed by atoms with Gasteiger partial charge in [0.25, 0.3) is 0 Å². The molecular weight excluding hydrogens is 395 g/mol. The zero-order valence-corrected chi connectivity index (χ0v) is 11.9. The molecule has 0 saturated heterocycles. The molecule has 0 spiro atoms. The highest BCUT2D eigenvalue weighted by Crippen LogP contribution is 2.60. The molecule has 150 valence electrons. The predicted octanol–water partition coefficient (Wildman–Crippen LogP) is 5.66. The maximum absolute atomic E-state index is 13.2. The lowest BCUT2D eigenvalue weighted by molar-refractivity contribution is -0.468. The number of hydrogen-bond donors (Lipinski definition) is 0. The summed E-state index contributed by atoms with van der Waals surface area (Å²) in [6, 6.07) is 0. The van der Waals surface area contributed by atoms with Gasteiger partial charge >= 0.3 is 36.0 Å². The first-order valence-corrected chi connectivity index (χ1v) is 6.00. The molecule has 1 atom stereocenters. The van der Waals surface area contributed by atoms with E-state index in [1.165, 1.54) is 0 Å². The van der Waals surface area contributed by atoms with Crippen LogP contribution in [0.2, 0.25) is 0 Å². The summed E-state index contributed by atoms with van der Waals surface area (Å²) in [6.07, 6.45) is -16.3. The molecular formula is C11H9F13O. The molecule has 0 saturated carbocycles. The quantitative estimate of drug-likeness (QED) is 0.375. The normalized spacial score (nSPS) is 16.7. The van der Waals surface area contributed by atoms with Crippen molar-refractivity contribution in [2.24, 2.45) is 0 Å². The molecule has 1 nitrogen and oxygen atoms in total. The fourth-order valence-corrected chi connectivity index (χ4v) is 1.32. The highest BCUT2D eigenvalue weighted by Gasteiger charge is 2.91. The first kappa shape index (κ1) is 23.8. The Labute approximate surface area is 131 Å². The van der Waals surface area contributed by atoms with Crippen LogP contribution in [0.15, 0.2) is 12.7 Å². The maximum atomic E-state index is 13.2. The van der Waals surface area contributed by atoms with Crippen LogP contribution in [0.4, 0.5) is 57.1 Å². The summed E-state index contributed by atoms with van der Waals surface area (Å²) in [5, 5.41) is 0. The summed E-state index contributed by atoms with van der Waals surface area (Å²) in [7, 11) is 0. The van der Waals surface area contributed by atoms with Crippen molar-refractivity contribution in [3.63, 3.8) is 0 Å². The van der Waals surface area contributed by atoms with Crippen molar-refractivity contribution in [3.05, 3.63) is 12.7 Å². The van der Waals surface area contributed by atoms with Crippen LogP contribution in [0.5, 0.6) is 0 Å². The highest BCUT2D eigenvalue weighted by molar-refractivity contribution is 5.08. The van der Waals surface area contributed by atoms with Crippen molar-refractivity contribution in [1.82, 2.24) is 0 Å². The molecule has 0 radical (unpaired) electrons. The van der Waals surface area contributed by atoms with Crippen molar-refractivity contribution in [1.29, 1.82) is 0 Å². The zero-order valence-electron chi connectivity index (χ0n) is 11.9. The minimum absolute atomic E-state index is 0.366. The van der Waals surface area contributed by atoms with Crippen LogP contribution in [-0.4, -0.2) is 42.1 Å². The summed E-state index contributed by atoms with van der Waals surface area (Å²) in [5.41, 5.74) is 0. The number of ether oxygens (including phenoxy) is 1.